The van der Waals surface area contributed by atoms with Gasteiger partial charge in [-0.2, -0.15) is 5.01 Å². The van der Waals surface area contributed by atoms with Crippen molar-refractivity contribution < 1.29 is 19.1 Å². The quantitative estimate of drug-likeness (QED) is 0.260. The molecule has 10 heteroatoms. The van der Waals surface area contributed by atoms with Crippen molar-refractivity contribution in [2.75, 3.05) is 7.11 Å². The zero-order chi connectivity index (χ0) is 24.9. The molecule has 6 nitrogen and oxygen atoms in total. The molecule has 0 aromatic heterocycles. The number of carbonyl (C=O) groups is 2. The van der Waals surface area contributed by atoms with Crippen molar-refractivity contribution in [3.63, 3.8) is 0 Å². The first-order valence-electron chi connectivity index (χ1n) is 10.2. The van der Waals surface area contributed by atoms with Crippen LogP contribution in [-0.2, 0) is 11.4 Å². The van der Waals surface area contributed by atoms with Crippen LogP contribution in [0.5, 0.6) is 11.5 Å². The number of benzene rings is 3. The average Bonchev–Trinajstić information content (AvgIpc) is 3.11. The molecule has 0 radical (unpaired) electrons. The van der Waals surface area contributed by atoms with Gasteiger partial charge in [-0.3, -0.25) is 15.0 Å². The van der Waals surface area contributed by atoms with Crippen LogP contribution in [0, 0.1) is 0 Å². The van der Waals surface area contributed by atoms with Gasteiger partial charge in [0.15, 0.2) is 15.8 Å². The fourth-order valence-corrected chi connectivity index (χ4v) is 5.14. The van der Waals surface area contributed by atoms with Crippen LogP contribution < -0.4 is 14.9 Å². The minimum Gasteiger partial charge on any atom is -0.493 e. The predicted octanol–water partition coefficient (Wildman–Crippen LogP) is 6.24. The van der Waals surface area contributed by atoms with E-state index in [9.17, 15) is 9.59 Å². The Kier molecular flexibility index (Phi) is 8.12. The number of nitrogens with zero attached hydrogens (tertiary/aromatic N) is 1. The highest BCUT2D eigenvalue weighted by Crippen LogP contribution is 2.39. The van der Waals surface area contributed by atoms with Gasteiger partial charge in [-0.05, 0) is 70.1 Å². The molecule has 1 saturated heterocycles. The fourth-order valence-electron chi connectivity index (χ4n) is 3.20. The summed E-state index contributed by atoms with van der Waals surface area (Å²) in [5.41, 5.74) is 4.52. The number of hydrogen-bond acceptors (Lipinski definition) is 6. The number of halogens is 2. The number of hydrogen-bond donors (Lipinski definition) is 1. The molecular formula is C25H18BrClN2O4S2. The molecule has 3 aromatic rings. The molecule has 1 fully saturated rings. The molecule has 0 unspecified atom stereocenters. The third-order valence-corrected chi connectivity index (χ3v) is 7.18. The number of thioether (sulfide) groups is 1. The average molecular weight is 590 g/mol. The van der Waals surface area contributed by atoms with Crippen LogP contribution in [0.1, 0.15) is 21.5 Å². The summed E-state index contributed by atoms with van der Waals surface area (Å²) < 4.78 is 12.4. The van der Waals surface area contributed by atoms with Gasteiger partial charge < -0.3 is 9.47 Å². The van der Waals surface area contributed by atoms with E-state index in [0.29, 0.717) is 37.0 Å². The lowest BCUT2D eigenvalue weighted by Gasteiger charge is -2.15. The van der Waals surface area contributed by atoms with E-state index in [-0.39, 0.29) is 10.9 Å². The van der Waals surface area contributed by atoms with Crippen molar-refractivity contribution in [2.24, 2.45) is 0 Å². The molecule has 178 valence electrons. The van der Waals surface area contributed by atoms with E-state index < -0.39 is 11.8 Å². The van der Waals surface area contributed by atoms with Crippen molar-refractivity contribution in [3.8, 4) is 11.5 Å². The summed E-state index contributed by atoms with van der Waals surface area (Å²) in [6, 6.07) is 19.6. The lowest BCUT2D eigenvalue weighted by atomic mass is 10.1. The van der Waals surface area contributed by atoms with E-state index in [1.165, 1.54) is 7.11 Å². The Balaban J connectivity index is 1.52. The summed E-state index contributed by atoms with van der Waals surface area (Å²) in [7, 11) is 1.53. The lowest BCUT2D eigenvalue weighted by molar-refractivity contribution is -0.123. The molecule has 0 saturated carbocycles. The minimum atomic E-state index is -0.424. The second-order valence-corrected chi connectivity index (χ2v) is 10.2. The van der Waals surface area contributed by atoms with E-state index in [1.807, 2.05) is 18.2 Å². The Morgan fingerprint density at radius 1 is 1.17 bits per heavy atom. The minimum absolute atomic E-state index is 0.233. The molecule has 35 heavy (non-hydrogen) atoms. The van der Waals surface area contributed by atoms with Gasteiger partial charge in [0.25, 0.3) is 11.8 Å². The van der Waals surface area contributed by atoms with Gasteiger partial charge in [0.05, 0.1) is 16.5 Å². The fraction of sp³-hybridized carbons (Fsp3) is 0.0800. The van der Waals surface area contributed by atoms with E-state index >= 15 is 0 Å². The Labute approximate surface area is 225 Å². The van der Waals surface area contributed by atoms with E-state index in [2.05, 4.69) is 21.4 Å². The van der Waals surface area contributed by atoms with Crippen LogP contribution in [0.3, 0.4) is 0 Å². The molecule has 0 aliphatic carbocycles. The molecule has 1 aliphatic heterocycles. The molecule has 0 spiro atoms. The van der Waals surface area contributed by atoms with E-state index in [4.69, 9.17) is 33.3 Å². The van der Waals surface area contributed by atoms with Crippen LogP contribution in [0.4, 0.5) is 0 Å². The second-order valence-electron chi connectivity index (χ2n) is 7.24. The molecule has 1 aliphatic rings. The maximum absolute atomic E-state index is 12.9. The highest BCUT2D eigenvalue weighted by atomic mass is 79.9. The number of methoxy groups -OCH3 is 1. The van der Waals surface area contributed by atoms with Gasteiger partial charge in [0, 0.05) is 16.1 Å². The van der Waals surface area contributed by atoms with Crippen LogP contribution >= 0.6 is 51.5 Å². The lowest BCUT2D eigenvalue weighted by Crippen LogP contribution is -2.44. The van der Waals surface area contributed by atoms with Crippen LogP contribution in [0.25, 0.3) is 6.08 Å². The molecule has 1 heterocycles. The third-order valence-electron chi connectivity index (χ3n) is 4.92. The molecular weight excluding hydrogens is 572 g/mol. The first-order chi connectivity index (χ1) is 16.9. The largest absolute Gasteiger partial charge is 0.493 e. The topological polar surface area (TPSA) is 67.9 Å². The number of amides is 2. The number of nitrogens with one attached hydrogen (secondary N) is 1. The molecule has 4 rings (SSSR count). The van der Waals surface area contributed by atoms with Crippen LogP contribution in [0.2, 0.25) is 5.02 Å². The Hall–Kier alpha value is -2.85. The van der Waals surface area contributed by atoms with Crippen molar-refractivity contribution >= 4 is 73.7 Å². The van der Waals surface area contributed by atoms with Crippen molar-refractivity contribution in [1.82, 2.24) is 10.4 Å². The second kappa shape index (κ2) is 11.3. The predicted molar refractivity (Wildman–Crippen MR) is 145 cm³/mol. The number of hydrazine groups is 1. The maximum atomic E-state index is 12.9. The Morgan fingerprint density at radius 2 is 1.89 bits per heavy atom. The van der Waals surface area contributed by atoms with Crippen LogP contribution in [-0.4, -0.2) is 28.3 Å². The van der Waals surface area contributed by atoms with Crippen molar-refractivity contribution in [3.05, 3.63) is 97.8 Å². The smallest absolute Gasteiger partial charge is 0.285 e. The standard InChI is InChI=1S/C25H18BrClN2O4S2/c1-32-20-12-15(11-18(26)22(20)33-14-17-9-5-6-10-19(17)27)13-21-24(31)29(25(34)35-21)28-23(30)16-7-3-2-4-8-16/h2-13H,14H2,1H3,(H,28,30)/b21-13-. The molecule has 0 bridgehead atoms. The number of carbonyl (C=O) groups excluding carboxylic acids is 2. The van der Waals surface area contributed by atoms with E-state index in [0.717, 1.165) is 22.3 Å². The number of thiocarbonyl (C=S) groups is 1. The highest BCUT2D eigenvalue weighted by molar-refractivity contribution is 9.10. The van der Waals surface area contributed by atoms with Crippen molar-refractivity contribution in [2.45, 2.75) is 6.61 Å². The molecule has 2 amide bonds. The first kappa shape index (κ1) is 25.2. The Bertz CT molecular complexity index is 1330. The Morgan fingerprint density at radius 3 is 2.60 bits per heavy atom. The van der Waals surface area contributed by atoms with Gasteiger partial charge in [0.1, 0.15) is 6.61 Å². The maximum Gasteiger partial charge on any atom is 0.285 e. The zero-order valence-electron chi connectivity index (χ0n) is 18.3. The third kappa shape index (κ3) is 5.87. The zero-order valence-corrected chi connectivity index (χ0v) is 22.3. The number of rotatable bonds is 7. The SMILES string of the molecule is COc1cc(/C=C2\SC(=S)N(NC(=O)c3ccccc3)C2=O)cc(Br)c1OCc1ccccc1Cl. The van der Waals surface area contributed by atoms with Gasteiger partial charge in [-0.15, -0.1) is 0 Å². The van der Waals surface area contributed by atoms with Gasteiger partial charge in [-0.1, -0.05) is 59.8 Å². The summed E-state index contributed by atoms with van der Waals surface area (Å²) in [6.45, 7) is 0.258. The molecule has 1 N–H and O–H groups in total. The highest BCUT2D eigenvalue weighted by Gasteiger charge is 2.34. The van der Waals surface area contributed by atoms with Gasteiger partial charge >= 0.3 is 0 Å². The molecule has 3 aromatic carbocycles. The first-order valence-corrected chi connectivity index (χ1v) is 12.6. The van der Waals surface area contributed by atoms with Gasteiger partial charge in [0.2, 0.25) is 0 Å². The summed E-state index contributed by atoms with van der Waals surface area (Å²) in [6.07, 6.45) is 1.68. The van der Waals surface area contributed by atoms with Crippen LogP contribution in [0.15, 0.2) is 76.1 Å². The number of ether oxygens (including phenoxy) is 2. The normalized spacial score (nSPS) is 14.4. The summed E-state index contributed by atoms with van der Waals surface area (Å²) >= 11 is 16.2. The van der Waals surface area contributed by atoms with Crippen molar-refractivity contribution in [1.29, 1.82) is 0 Å². The monoisotopic (exact) mass is 588 g/mol. The summed E-state index contributed by atoms with van der Waals surface area (Å²) in [4.78, 5) is 25.8. The summed E-state index contributed by atoms with van der Waals surface area (Å²) in [5.74, 6) is 0.142. The van der Waals surface area contributed by atoms with E-state index in [1.54, 1.807) is 54.6 Å². The molecule has 0 atom stereocenters. The van der Waals surface area contributed by atoms with Gasteiger partial charge in [-0.25, -0.2) is 0 Å². The summed E-state index contributed by atoms with van der Waals surface area (Å²) in [5, 5.41) is 1.69.